The third-order valence-corrected chi connectivity index (χ3v) is 5.77. The Hall–Kier alpha value is -3.72. The van der Waals surface area contributed by atoms with E-state index in [1.165, 1.54) is 18.3 Å². The number of hydrogen-bond acceptors (Lipinski definition) is 7. The van der Waals surface area contributed by atoms with Gasteiger partial charge in [0.1, 0.15) is 12.4 Å². The fraction of sp³-hybridized carbons (Fsp3) is 0.280. The predicted octanol–water partition coefficient (Wildman–Crippen LogP) is 3.95. The number of amides is 2. The number of rotatable bonds is 9. The van der Waals surface area contributed by atoms with E-state index in [1.54, 1.807) is 24.3 Å². The summed E-state index contributed by atoms with van der Waals surface area (Å²) < 4.78 is 11.0. The number of esters is 1. The Balaban J connectivity index is 1.48. The normalized spacial score (nSPS) is 11.4. The summed E-state index contributed by atoms with van der Waals surface area (Å²) in [7, 11) is 0. The molecular weight excluding hydrogens is 454 g/mol. The minimum absolute atomic E-state index is 0.242. The number of para-hydroxylation sites is 1. The Kier molecular flexibility index (Phi) is 8.37. The van der Waals surface area contributed by atoms with Crippen LogP contribution in [0, 0.1) is 20.8 Å². The van der Waals surface area contributed by atoms with Crippen molar-refractivity contribution in [1.82, 2.24) is 10.3 Å². The van der Waals surface area contributed by atoms with Crippen molar-refractivity contribution < 1.29 is 23.9 Å². The average Bonchev–Trinajstić information content (AvgIpc) is 3.23. The fourth-order valence-corrected chi connectivity index (χ4v) is 3.73. The van der Waals surface area contributed by atoms with Gasteiger partial charge in [-0.3, -0.25) is 9.59 Å². The lowest BCUT2D eigenvalue weighted by Gasteiger charge is -2.15. The Morgan fingerprint density at radius 1 is 1.06 bits per heavy atom. The highest BCUT2D eigenvalue weighted by Gasteiger charge is 2.20. The number of aromatic nitrogens is 1. The second-order valence-electron chi connectivity index (χ2n) is 7.75. The van der Waals surface area contributed by atoms with Crippen LogP contribution >= 0.6 is 11.3 Å². The zero-order valence-electron chi connectivity index (χ0n) is 19.5. The largest absolute Gasteiger partial charge is 0.487 e. The summed E-state index contributed by atoms with van der Waals surface area (Å²) >= 11 is 1.54. The SMILES string of the molecule is Cc1nc(COc2cccc(C(=O)OC(C)C(=O)NCC(=O)Nc3c(C)cccc3C)c2)cs1. The van der Waals surface area contributed by atoms with Crippen molar-refractivity contribution in [2.45, 2.75) is 40.4 Å². The fourth-order valence-electron chi connectivity index (χ4n) is 3.13. The first-order chi connectivity index (χ1) is 16.2. The lowest BCUT2D eigenvalue weighted by molar-refractivity contribution is -0.130. The van der Waals surface area contributed by atoms with Gasteiger partial charge >= 0.3 is 5.97 Å². The maximum Gasteiger partial charge on any atom is 0.339 e. The molecule has 0 radical (unpaired) electrons. The Morgan fingerprint density at radius 2 is 1.76 bits per heavy atom. The molecule has 1 unspecified atom stereocenters. The van der Waals surface area contributed by atoms with Crippen LogP contribution in [0.25, 0.3) is 0 Å². The Morgan fingerprint density at radius 3 is 2.44 bits per heavy atom. The molecule has 2 N–H and O–H groups in total. The van der Waals surface area contributed by atoms with Crippen molar-refractivity contribution in [2.24, 2.45) is 0 Å². The molecule has 3 rings (SSSR count). The molecule has 178 valence electrons. The molecule has 0 bridgehead atoms. The maximum atomic E-state index is 12.5. The van der Waals surface area contributed by atoms with Crippen LogP contribution in [-0.4, -0.2) is 35.4 Å². The van der Waals surface area contributed by atoms with Gasteiger partial charge in [0.15, 0.2) is 6.10 Å². The van der Waals surface area contributed by atoms with Crippen LogP contribution in [0.2, 0.25) is 0 Å². The number of thiazole rings is 1. The minimum Gasteiger partial charge on any atom is -0.487 e. The number of hydrogen-bond donors (Lipinski definition) is 2. The number of nitrogens with zero attached hydrogens (tertiary/aromatic N) is 1. The van der Waals surface area contributed by atoms with E-state index < -0.39 is 18.0 Å². The monoisotopic (exact) mass is 481 g/mol. The molecule has 1 atom stereocenters. The van der Waals surface area contributed by atoms with Gasteiger partial charge in [0, 0.05) is 11.1 Å². The molecule has 2 amide bonds. The van der Waals surface area contributed by atoms with Gasteiger partial charge < -0.3 is 20.1 Å². The lowest BCUT2D eigenvalue weighted by Crippen LogP contribution is -2.40. The number of ether oxygens (including phenoxy) is 2. The molecule has 1 aromatic heterocycles. The molecule has 9 heteroatoms. The van der Waals surface area contributed by atoms with Gasteiger partial charge in [-0.25, -0.2) is 9.78 Å². The van der Waals surface area contributed by atoms with E-state index in [9.17, 15) is 14.4 Å². The van der Waals surface area contributed by atoms with Gasteiger partial charge in [-0.1, -0.05) is 24.3 Å². The molecule has 0 spiro atoms. The first-order valence-electron chi connectivity index (χ1n) is 10.7. The van der Waals surface area contributed by atoms with E-state index in [0.717, 1.165) is 21.8 Å². The molecule has 3 aromatic rings. The number of carbonyl (C=O) groups excluding carboxylic acids is 3. The van der Waals surface area contributed by atoms with Crippen LogP contribution in [0.5, 0.6) is 5.75 Å². The third-order valence-electron chi connectivity index (χ3n) is 4.94. The van der Waals surface area contributed by atoms with Gasteiger partial charge in [-0.2, -0.15) is 0 Å². The summed E-state index contributed by atoms with van der Waals surface area (Å²) in [4.78, 5) is 41.4. The molecule has 0 aliphatic rings. The minimum atomic E-state index is -1.08. The number of benzene rings is 2. The summed E-state index contributed by atoms with van der Waals surface area (Å²) in [6, 6.07) is 12.2. The van der Waals surface area contributed by atoms with Crippen molar-refractivity contribution >= 4 is 34.8 Å². The molecule has 8 nitrogen and oxygen atoms in total. The van der Waals surface area contributed by atoms with Gasteiger partial charge in [-0.05, 0) is 57.0 Å². The van der Waals surface area contributed by atoms with Gasteiger partial charge in [0.2, 0.25) is 5.91 Å². The topological polar surface area (TPSA) is 107 Å². The molecule has 0 saturated carbocycles. The van der Waals surface area contributed by atoms with Crippen LogP contribution in [0.15, 0.2) is 47.8 Å². The van der Waals surface area contributed by atoms with Crippen molar-refractivity contribution in [3.63, 3.8) is 0 Å². The van der Waals surface area contributed by atoms with E-state index in [0.29, 0.717) is 11.4 Å². The molecule has 34 heavy (non-hydrogen) atoms. The van der Waals surface area contributed by atoms with Crippen molar-refractivity contribution in [1.29, 1.82) is 0 Å². The summed E-state index contributed by atoms with van der Waals surface area (Å²) in [5.74, 6) is -1.13. The summed E-state index contributed by atoms with van der Waals surface area (Å²) in [6.45, 7) is 7.19. The number of nitrogens with one attached hydrogen (secondary N) is 2. The lowest BCUT2D eigenvalue weighted by atomic mass is 10.1. The third kappa shape index (κ3) is 6.89. The zero-order chi connectivity index (χ0) is 24.7. The predicted molar refractivity (Wildman–Crippen MR) is 130 cm³/mol. The molecule has 2 aromatic carbocycles. The number of aryl methyl sites for hydroxylation is 3. The van der Waals surface area contributed by atoms with Gasteiger partial charge in [0.05, 0.1) is 22.8 Å². The highest BCUT2D eigenvalue weighted by molar-refractivity contribution is 7.09. The second kappa shape index (κ2) is 11.4. The molecule has 0 aliphatic heterocycles. The van der Waals surface area contributed by atoms with Crippen LogP contribution in [0.3, 0.4) is 0 Å². The van der Waals surface area contributed by atoms with Crippen LogP contribution in [0.4, 0.5) is 5.69 Å². The number of anilines is 1. The Bertz CT molecular complexity index is 1170. The second-order valence-corrected chi connectivity index (χ2v) is 8.82. The van der Waals surface area contributed by atoms with Gasteiger partial charge in [-0.15, -0.1) is 11.3 Å². The Labute approximate surface area is 202 Å². The summed E-state index contributed by atoms with van der Waals surface area (Å²) in [6.07, 6.45) is -1.08. The highest BCUT2D eigenvalue weighted by atomic mass is 32.1. The van der Waals surface area contributed by atoms with E-state index in [2.05, 4.69) is 15.6 Å². The molecule has 0 fully saturated rings. The highest BCUT2D eigenvalue weighted by Crippen LogP contribution is 2.19. The van der Waals surface area contributed by atoms with Gasteiger partial charge in [0.25, 0.3) is 5.91 Å². The summed E-state index contributed by atoms with van der Waals surface area (Å²) in [5, 5.41) is 8.15. The first kappa shape index (κ1) is 24.9. The van der Waals surface area contributed by atoms with Crippen LogP contribution in [0.1, 0.15) is 39.1 Å². The first-order valence-corrected chi connectivity index (χ1v) is 11.6. The molecule has 0 saturated heterocycles. The van der Waals surface area contributed by atoms with Crippen LogP contribution in [-0.2, 0) is 20.9 Å². The van der Waals surface area contributed by atoms with Crippen molar-refractivity contribution in [3.05, 3.63) is 75.2 Å². The van der Waals surface area contributed by atoms with E-state index in [-0.39, 0.29) is 24.6 Å². The maximum absolute atomic E-state index is 12.5. The van der Waals surface area contributed by atoms with E-state index in [1.807, 2.05) is 44.4 Å². The average molecular weight is 482 g/mol. The van der Waals surface area contributed by atoms with Crippen molar-refractivity contribution in [2.75, 3.05) is 11.9 Å². The zero-order valence-corrected chi connectivity index (χ0v) is 20.3. The molecular formula is C25H27N3O5S. The van der Waals surface area contributed by atoms with E-state index >= 15 is 0 Å². The number of carbonyl (C=O) groups is 3. The quantitative estimate of drug-likeness (QED) is 0.448. The smallest absolute Gasteiger partial charge is 0.339 e. The van der Waals surface area contributed by atoms with E-state index in [4.69, 9.17) is 9.47 Å². The van der Waals surface area contributed by atoms with Crippen molar-refractivity contribution in [3.8, 4) is 5.75 Å². The molecule has 0 aliphatic carbocycles. The molecule has 1 heterocycles. The summed E-state index contributed by atoms with van der Waals surface area (Å²) in [5.41, 5.74) is 3.62. The standard InChI is InChI=1S/C25H27N3O5S/c1-15-7-5-8-16(2)23(15)28-22(29)12-26-24(30)17(3)33-25(31)19-9-6-10-21(11-19)32-13-20-14-34-18(4)27-20/h5-11,14,17H,12-13H2,1-4H3,(H,26,30)(H,28,29). The van der Waals surface area contributed by atoms with Crippen LogP contribution < -0.4 is 15.4 Å².